The van der Waals surface area contributed by atoms with Crippen molar-refractivity contribution in [3.05, 3.63) is 33.7 Å². The van der Waals surface area contributed by atoms with E-state index in [2.05, 4.69) is 20.2 Å². The zero-order chi connectivity index (χ0) is 14.7. The van der Waals surface area contributed by atoms with Crippen molar-refractivity contribution in [2.75, 3.05) is 23.3 Å². The van der Waals surface area contributed by atoms with Crippen LogP contribution in [0.1, 0.15) is 28.9 Å². The van der Waals surface area contributed by atoms with Crippen molar-refractivity contribution < 1.29 is 4.79 Å². The van der Waals surface area contributed by atoms with Gasteiger partial charge in [0.05, 0.1) is 27.3 Å². The van der Waals surface area contributed by atoms with Crippen LogP contribution in [0.15, 0.2) is 24.5 Å². The molecule has 1 N–H and O–H groups in total. The van der Waals surface area contributed by atoms with Gasteiger partial charge in [0.15, 0.2) is 0 Å². The van der Waals surface area contributed by atoms with Gasteiger partial charge in [0.2, 0.25) is 5.95 Å². The predicted octanol–water partition coefficient (Wildman–Crippen LogP) is 3.43. The molecule has 0 aliphatic carbocycles. The highest BCUT2D eigenvalue weighted by Crippen LogP contribution is 2.22. The Balaban J connectivity index is 1.65. The van der Waals surface area contributed by atoms with E-state index in [9.17, 15) is 4.79 Å². The molecule has 5 nitrogen and oxygen atoms in total. The number of carbonyl (C=O) groups excluding carboxylic acids is 1. The fraction of sp³-hybridized carbons (Fsp3) is 0.357. The normalized spacial score (nSPS) is 15.0. The van der Waals surface area contributed by atoms with E-state index in [0.717, 1.165) is 19.0 Å². The summed E-state index contributed by atoms with van der Waals surface area (Å²) in [4.78, 5) is 23.4. The summed E-state index contributed by atoms with van der Waals surface area (Å²) in [7, 11) is 0. The first kappa shape index (κ1) is 14.3. The predicted molar refractivity (Wildman–Crippen MR) is 85.4 cm³/mol. The fourth-order valence-electron chi connectivity index (χ4n) is 2.27. The highest BCUT2D eigenvalue weighted by molar-refractivity contribution is 7.18. The van der Waals surface area contributed by atoms with Gasteiger partial charge in [-0.2, -0.15) is 0 Å². The molecule has 0 atom stereocenters. The van der Waals surface area contributed by atoms with E-state index >= 15 is 0 Å². The molecule has 0 unspecified atom stereocenters. The van der Waals surface area contributed by atoms with Crippen molar-refractivity contribution in [3.8, 4) is 0 Å². The van der Waals surface area contributed by atoms with Crippen molar-refractivity contribution in [2.45, 2.75) is 19.3 Å². The molecule has 2 aromatic heterocycles. The first-order valence-corrected chi connectivity index (χ1v) is 8.05. The van der Waals surface area contributed by atoms with Crippen molar-refractivity contribution in [1.29, 1.82) is 0 Å². The number of anilines is 2. The van der Waals surface area contributed by atoms with Crippen LogP contribution in [-0.2, 0) is 0 Å². The largest absolute Gasteiger partial charge is 0.341 e. The van der Waals surface area contributed by atoms with Crippen molar-refractivity contribution in [2.24, 2.45) is 0 Å². The number of nitrogens with zero attached hydrogens (tertiary/aromatic N) is 3. The number of aromatic nitrogens is 2. The Bertz CT molecular complexity index is 622. The quantitative estimate of drug-likeness (QED) is 0.940. The highest BCUT2D eigenvalue weighted by Gasteiger charge is 2.14. The summed E-state index contributed by atoms with van der Waals surface area (Å²) in [5, 5.41) is 2.77. The molecule has 7 heteroatoms. The maximum Gasteiger partial charge on any atom is 0.265 e. The number of thiophene rings is 1. The molecular weight excluding hydrogens is 308 g/mol. The Morgan fingerprint density at radius 2 is 1.90 bits per heavy atom. The second kappa shape index (κ2) is 6.41. The van der Waals surface area contributed by atoms with Crippen molar-refractivity contribution >= 4 is 40.5 Å². The zero-order valence-corrected chi connectivity index (χ0v) is 13.0. The maximum atomic E-state index is 12.0. The molecule has 1 aliphatic rings. The first-order chi connectivity index (χ1) is 10.2. The van der Waals surface area contributed by atoms with E-state index in [1.165, 1.54) is 30.6 Å². The summed E-state index contributed by atoms with van der Waals surface area (Å²) in [6.45, 7) is 2.00. The van der Waals surface area contributed by atoms with Crippen LogP contribution >= 0.6 is 22.9 Å². The molecular formula is C14H15ClN4OS. The Hall–Kier alpha value is -1.66. The molecule has 0 radical (unpaired) electrons. The van der Waals surface area contributed by atoms with E-state index < -0.39 is 0 Å². The molecule has 0 spiro atoms. The van der Waals surface area contributed by atoms with Gasteiger partial charge in [0, 0.05) is 13.1 Å². The van der Waals surface area contributed by atoms with Gasteiger partial charge in [-0.25, -0.2) is 9.97 Å². The molecule has 0 saturated carbocycles. The minimum atomic E-state index is -0.193. The number of nitrogens with one attached hydrogen (secondary N) is 1. The number of piperidine rings is 1. The maximum absolute atomic E-state index is 12.0. The lowest BCUT2D eigenvalue weighted by Crippen LogP contribution is -2.30. The molecule has 1 fully saturated rings. The SMILES string of the molecule is O=C(Nc1cnc(N2CCCCC2)nc1)c1ccc(Cl)s1. The standard InChI is InChI=1S/C14H15ClN4OS/c15-12-5-4-11(21-12)13(20)18-10-8-16-14(17-9-10)19-6-2-1-3-7-19/h4-5,8-9H,1-3,6-7H2,(H,18,20). The zero-order valence-electron chi connectivity index (χ0n) is 11.4. The minimum Gasteiger partial charge on any atom is -0.341 e. The van der Waals surface area contributed by atoms with E-state index in [1.807, 2.05) is 0 Å². The van der Waals surface area contributed by atoms with Crippen LogP contribution in [0.5, 0.6) is 0 Å². The average molecular weight is 323 g/mol. The fourth-order valence-corrected chi connectivity index (χ4v) is 3.21. The van der Waals surface area contributed by atoms with Crippen LogP contribution in [0, 0.1) is 0 Å². The molecule has 0 aromatic carbocycles. The first-order valence-electron chi connectivity index (χ1n) is 6.86. The second-order valence-electron chi connectivity index (χ2n) is 4.88. The summed E-state index contributed by atoms with van der Waals surface area (Å²) in [5.74, 6) is 0.535. The lowest BCUT2D eigenvalue weighted by molar-refractivity contribution is 0.103. The van der Waals surface area contributed by atoms with Gasteiger partial charge in [-0.1, -0.05) is 11.6 Å². The van der Waals surface area contributed by atoms with E-state index in [4.69, 9.17) is 11.6 Å². The molecule has 1 amide bonds. The van der Waals surface area contributed by atoms with E-state index in [-0.39, 0.29) is 5.91 Å². The average Bonchev–Trinajstić information content (AvgIpc) is 2.96. The van der Waals surface area contributed by atoms with Gasteiger partial charge < -0.3 is 10.2 Å². The Kier molecular flexibility index (Phi) is 4.36. The third kappa shape index (κ3) is 3.51. The molecule has 3 heterocycles. The summed E-state index contributed by atoms with van der Waals surface area (Å²) < 4.78 is 0.594. The third-order valence-corrected chi connectivity index (χ3v) is 4.56. The summed E-state index contributed by atoms with van der Waals surface area (Å²) >= 11 is 7.07. The third-order valence-electron chi connectivity index (χ3n) is 3.33. The Morgan fingerprint density at radius 3 is 2.52 bits per heavy atom. The lowest BCUT2D eigenvalue weighted by Gasteiger charge is -2.26. The van der Waals surface area contributed by atoms with Gasteiger partial charge in [-0.3, -0.25) is 4.79 Å². The minimum absolute atomic E-state index is 0.193. The molecule has 0 bridgehead atoms. The lowest BCUT2D eigenvalue weighted by atomic mass is 10.1. The summed E-state index contributed by atoms with van der Waals surface area (Å²) in [6.07, 6.45) is 6.92. The van der Waals surface area contributed by atoms with Crippen LogP contribution in [0.3, 0.4) is 0 Å². The smallest absolute Gasteiger partial charge is 0.265 e. The molecule has 21 heavy (non-hydrogen) atoms. The monoisotopic (exact) mass is 322 g/mol. The number of halogens is 1. The number of carbonyl (C=O) groups is 1. The summed E-state index contributed by atoms with van der Waals surface area (Å²) in [6, 6.07) is 3.41. The summed E-state index contributed by atoms with van der Waals surface area (Å²) in [5.41, 5.74) is 0.588. The van der Waals surface area contributed by atoms with Crippen LogP contribution in [0.2, 0.25) is 4.34 Å². The topological polar surface area (TPSA) is 58.1 Å². The number of amides is 1. The second-order valence-corrected chi connectivity index (χ2v) is 6.59. The van der Waals surface area contributed by atoms with E-state index in [1.54, 1.807) is 24.5 Å². The van der Waals surface area contributed by atoms with Gasteiger partial charge in [0.25, 0.3) is 5.91 Å². The molecule has 2 aromatic rings. The number of rotatable bonds is 3. The van der Waals surface area contributed by atoms with Crippen LogP contribution < -0.4 is 10.2 Å². The highest BCUT2D eigenvalue weighted by atomic mass is 35.5. The van der Waals surface area contributed by atoms with Gasteiger partial charge >= 0.3 is 0 Å². The van der Waals surface area contributed by atoms with E-state index in [0.29, 0.717) is 14.9 Å². The Morgan fingerprint density at radius 1 is 1.19 bits per heavy atom. The van der Waals surface area contributed by atoms with Crippen LogP contribution in [0.25, 0.3) is 0 Å². The van der Waals surface area contributed by atoms with Crippen LogP contribution in [0.4, 0.5) is 11.6 Å². The number of hydrogen-bond donors (Lipinski definition) is 1. The van der Waals surface area contributed by atoms with Crippen LogP contribution in [-0.4, -0.2) is 29.0 Å². The molecule has 3 rings (SSSR count). The van der Waals surface area contributed by atoms with Gasteiger partial charge in [0.1, 0.15) is 0 Å². The number of hydrogen-bond acceptors (Lipinski definition) is 5. The Labute approximate surface area is 132 Å². The molecule has 1 saturated heterocycles. The molecule has 1 aliphatic heterocycles. The van der Waals surface area contributed by atoms with Crippen molar-refractivity contribution in [1.82, 2.24) is 9.97 Å². The van der Waals surface area contributed by atoms with Crippen molar-refractivity contribution in [3.63, 3.8) is 0 Å². The molecule has 110 valence electrons. The van der Waals surface area contributed by atoms with Gasteiger partial charge in [-0.15, -0.1) is 11.3 Å². The van der Waals surface area contributed by atoms with Gasteiger partial charge in [-0.05, 0) is 31.4 Å².